The molecule has 2 saturated heterocycles. The molecule has 2 unspecified atom stereocenters. The minimum absolute atomic E-state index is 0.139. The van der Waals surface area contributed by atoms with E-state index in [1.807, 2.05) is 13.8 Å². The topological polar surface area (TPSA) is 61.4 Å². The third-order valence-electron chi connectivity index (χ3n) is 4.91. The summed E-state index contributed by atoms with van der Waals surface area (Å²) in [5, 5.41) is -0.116. The van der Waals surface area contributed by atoms with E-state index in [1.165, 1.54) is 6.07 Å². The highest BCUT2D eigenvalue weighted by atomic mass is 35.5. The fourth-order valence-corrected chi connectivity index (χ4v) is 5.92. The Kier molecular flexibility index (Phi) is 5.51. The van der Waals surface area contributed by atoms with Crippen molar-refractivity contribution in [2.24, 2.45) is 0 Å². The molecule has 2 N–H and O–H groups in total. The summed E-state index contributed by atoms with van der Waals surface area (Å²) in [6, 6.07) is 4.31. The second-order valence-corrected chi connectivity index (χ2v) is 9.27. The number of sulfonamides is 1. The van der Waals surface area contributed by atoms with Crippen LogP contribution in [0, 0.1) is 5.82 Å². The average molecular weight is 388 g/mol. The van der Waals surface area contributed by atoms with E-state index in [4.69, 9.17) is 11.6 Å². The third-order valence-corrected chi connectivity index (χ3v) is 7.74. The lowest BCUT2D eigenvalue weighted by molar-refractivity contribution is 0.377. The number of piperidine rings is 1. The smallest absolute Gasteiger partial charge is 0.220 e. The van der Waals surface area contributed by atoms with Gasteiger partial charge in [-0.15, -0.1) is 0 Å². The number of halogens is 2. The van der Waals surface area contributed by atoms with Gasteiger partial charge in [-0.25, -0.2) is 17.1 Å². The second-order valence-electron chi connectivity index (χ2n) is 6.74. The van der Waals surface area contributed by atoms with Gasteiger partial charge in [0.2, 0.25) is 10.0 Å². The normalized spacial score (nSPS) is 28.3. The molecule has 1 aromatic carbocycles. The maximum Gasteiger partial charge on any atom is 0.220 e. The molecule has 3 rings (SSSR count). The van der Waals surface area contributed by atoms with Gasteiger partial charge in [0, 0.05) is 35.8 Å². The van der Waals surface area contributed by atoms with Gasteiger partial charge in [0.1, 0.15) is 11.1 Å². The third kappa shape index (κ3) is 3.90. The molecule has 2 aliphatic rings. The van der Waals surface area contributed by atoms with Crippen molar-refractivity contribution in [1.29, 1.82) is 0 Å². The Morgan fingerprint density at radius 3 is 2.36 bits per heavy atom. The first-order valence-corrected chi connectivity index (χ1v) is 10.3. The molecular formula is C17H23ClFN3O2S. The molecule has 2 heterocycles. The fraction of sp³-hybridized carbons (Fsp3) is 0.529. The monoisotopic (exact) mass is 387 g/mol. The lowest BCUT2D eigenvalue weighted by Gasteiger charge is -2.32. The van der Waals surface area contributed by atoms with Gasteiger partial charge in [0.25, 0.3) is 0 Å². The van der Waals surface area contributed by atoms with E-state index < -0.39 is 15.3 Å². The van der Waals surface area contributed by atoms with Crippen LogP contribution in [0.4, 0.5) is 4.39 Å². The minimum Gasteiger partial charge on any atom is -0.253 e. The summed E-state index contributed by atoms with van der Waals surface area (Å²) in [5.41, 5.74) is 7.53. The quantitative estimate of drug-likeness (QED) is 0.836. The van der Waals surface area contributed by atoms with Crippen molar-refractivity contribution in [3.05, 3.63) is 40.2 Å². The molecule has 0 spiro atoms. The summed E-state index contributed by atoms with van der Waals surface area (Å²) >= 11 is 5.77. The number of nitrogens with one attached hydrogen (secondary N) is 2. The summed E-state index contributed by atoms with van der Waals surface area (Å²) in [7, 11) is -3.38. The molecule has 0 saturated carbocycles. The Hall–Kier alpha value is -0.990. The SMILES string of the molecule is CC1NNC(C)C1S(=O)(=O)N1CCC(=Cc2ccc(Cl)cc2F)CC1. The van der Waals surface area contributed by atoms with E-state index in [0.717, 1.165) is 5.57 Å². The van der Waals surface area contributed by atoms with E-state index >= 15 is 0 Å². The number of nitrogens with zero attached hydrogens (tertiary/aromatic N) is 1. The Labute approximate surface area is 153 Å². The molecule has 0 aromatic heterocycles. The van der Waals surface area contributed by atoms with Crippen LogP contribution in [0.1, 0.15) is 32.3 Å². The maximum atomic E-state index is 13.9. The fourth-order valence-electron chi connectivity index (χ4n) is 3.56. The zero-order chi connectivity index (χ0) is 18.2. The number of rotatable bonds is 3. The first kappa shape index (κ1) is 18.8. The minimum atomic E-state index is -3.38. The lowest BCUT2D eigenvalue weighted by Crippen LogP contribution is -2.48. The zero-order valence-corrected chi connectivity index (χ0v) is 15.9. The maximum absolute atomic E-state index is 13.9. The van der Waals surface area contributed by atoms with Crippen LogP contribution in [0.25, 0.3) is 6.08 Å². The summed E-state index contributed by atoms with van der Waals surface area (Å²) < 4.78 is 41.3. The van der Waals surface area contributed by atoms with Gasteiger partial charge >= 0.3 is 0 Å². The van der Waals surface area contributed by atoms with Gasteiger partial charge in [0.05, 0.1) is 0 Å². The van der Waals surface area contributed by atoms with E-state index in [1.54, 1.807) is 22.5 Å². The van der Waals surface area contributed by atoms with Gasteiger partial charge in [-0.05, 0) is 38.8 Å². The van der Waals surface area contributed by atoms with Crippen molar-refractivity contribution in [2.75, 3.05) is 13.1 Å². The summed E-state index contributed by atoms with van der Waals surface area (Å²) in [5.74, 6) is -0.360. The van der Waals surface area contributed by atoms with Crippen molar-refractivity contribution in [2.45, 2.75) is 44.0 Å². The molecule has 8 heteroatoms. The number of hydrogen-bond donors (Lipinski definition) is 2. The molecule has 5 nitrogen and oxygen atoms in total. The van der Waals surface area contributed by atoms with Crippen LogP contribution in [-0.4, -0.2) is 43.1 Å². The summed E-state index contributed by atoms with van der Waals surface area (Å²) in [6.07, 6.45) is 3.02. The van der Waals surface area contributed by atoms with Crippen molar-refractivity contribution in [3.63, 3.8) is 0 Å². The van der Waals surface area contributed by atoms with E-state index in [9.17, 15) is 12.8 Å². The van der Waals surface area contributed by atoms with E-state index in [0.29, 0.717) is 36.5 Å². The van der Waals surface area contributed by atoms with Crippen molar-refractivity contribution in [1.82, 2.24) is 15.2 Å². The lowest BCUT2D eigenvalue weighted by atomic mass is 10.0. The molecular weight excluding hydrogens is 365 g/mol. The van der Waals surface area contributed by atoms with Gasteiger partial charge in [0.15, 0.2) is 0 Å². The molecule has 0 radical (unpaired) electrons. The van der Waals surface area contributed by atoms with Crippen LogP contribution in [-0.2, 0) is 10.0 Å². The predicted molar refractivity (Wildman–Crippen MR) is 98.1 cm³/mol. The van der Waals surface area contributed by atoms with E-state index in [2.05, 4.69) is 10.9 Å². The molecule has 2 atom stereocenters. The van der Waals surface area contributed by atoms with Gasteiger partial charge < -0.3 is 0 Å². The highest BCUT2D eigenvalue weighted by Crippen LogP contribution is 2.27. The summed E-state index contributed by atoms with van der Waals surface area (Å²) in [6.45, 7) is 4.60. The highest BCUT2D eigenvalue weighted by Gasteiger charge is 2.43. The molecule has 0 aliphatic carbocycles. The molecule has 138 valence electrons. The van der Waals surface area contributed by atoms with Gasteiger partial charge in [-0.2, -0.15) is 0 Å². The first-order valence-electron chi connectivity index (χ1n) is 8.43. The van der Waals surface area contributed by atoms with Crippen LogP contribution in [0.15, 0.2) is 23.8 Å². The molecule has 2 aliphatic heterocycles. The van der Waals surface area contributed by atoms with Crippen molar-refractivity contribution < 1.29 is 12.8 Å². The summed E-state index contributed by atoms with van der Waals surface area (Å²) in [4.78, 5) is 0. The Bertz CT molecular complexity index is 764. The van der Waals surface area contributed by atoms with Gasteiger partial charge in [-0.3, -0.25) is 10.9 Å². The van der Waals surface area contributed by atoms with Crippen LogP contribution in [0.5, 0.6) is 0 Å². The standard InChI is InChI=1S/C17H23ClFN3O2S/c1-11-17(12(2)21-20-11)25(23,24)22-7-5-13(6-8-22)9-14-3-4-15(18)10-16(14)19/h3-4,9-12,17,20-21H,5-8H2,1-2H3. The van der Waals surface area contributed by atoms with Crippen LogP contribution in [0.3, 0.4) is 0 Å². The van der Waals surface area contributed by atoms with Crippen LogP contribution in [0.2, 0.25) is 5.02 Å². The number of hydrogen-bond acceptors (Lipinski definition) is 4. The predicted octanol–water partition coefficient (Wildman–Crippen LogP) is 2.54. The van der Waals surface area contributed by atoms with Crippen LogP contribution >= 0.6 is 11.6 Å². The Morgan fingerprint density at radius 2 is 1.80 bits per heavy atom. The molecule has 2 fully saturated rings. The van der Waals surface area contributed by atoms with Gasteiger partial charge in [-0.1, -0.05) is 29.3 Å². The van der Waals surface area contributed by atoms with E-state index in [-0.39, 0.29) is 17.9 Å². The Balaban J connectivity index is 1.70. The zero-order valence-electron chi connectivity index (χ0n) is 14.3. The second kappa shape index (κ2) is 7.32. The Morgan fingerprint density at radius 1 is 1.20 bits per heavy atom. The van der Waals surface area contributed by atoms with Crippen LogP contribution < -0.4 is 10.9 Å². The molecule has 25 heavy (non-hydrogen) atoms. The molecule has 1 aromatic rings. The molecule has 0 bridgehead atoms. The van der Waals surface area contributed by atoms with Crippen molar-refractivity contribution in [3.8, 4) is 0 Å². The number of benzene rings is 1. The van der Waals surface area contributed by atoms with Crippen molar-refractivity contribution >= 4 is 27.7 Å². The first-order chi connectivity index (χ1) is 11.8. The molecule has 0 amide bonds. The average Bonchev–Trinajstić information content (AvgIpc) is 2.90. The number of hydrazine groups is 1. The largest absolute Gasteiger partial charge is 0.253 e. The highest BCUT2D eigenvalue weighted by molar-refractivity contribution is 7.89.